The fourth-order valence-electron chi connectivity index (χ4n) is 2.85. The molecule has 0 aliphatic heterocycles. The lowest BCUT2D eigenvalue weighted by molar-refractivity contribution is -0.384. The third-order valence-electron chi connectivity index (χ3n) is 4.32. The molecule has 0 atom stereocenters. The number of nitrogens with one attached hydrogen (secondary N) is 1. The fraction of sp³-hybridized carbons (Fsp3) is 0. The second-order valence-electron chi connectivity index (χ2n) is 6.24. The minimum atomic E-state index is -0.507. The third kappa shape index (κ3) is 4.03. The van der Waals surface area contributed by atoms with E-state index in [1.54, 1.807) is 36.7 Å². The Morgan fingerprint density at radius 2 is 1.72 bits per heavy atom. The third-order valence-corrected chi connectivity index (χ3v) is 4.32. The van der Waals surface area contributed by atoms with E-state index in [1.807, 2.05) is 24.3 Å². The molecule has 29 heavy (non-hydrogen) atoms. The van der Waals surface area contributed by atoms with Gasteiger partial charge < -0.3 is 10.1 Å². The van der Waals surface area contributed by atoms with Gasteiger partial charge in [-0.05, 0) is 48.5 Å². The van der Waals surface area contributed by atoms with Crippen molar-refractivity contribution in [1.29, 1.82) is 0 Å². The number of fused-ring (bicyclic) bond motifs is 1. The number of nitro benzene ring substituents is 1. The second kappa shape index (κ2) is 7.77. The Balaban J connectivity index is 1.46. The van der Waals surface area contributed by atoms with Gasteiger partial charge in [0.2, 0.25) is 0 Å². The summed E-state index contributed by atoms with van der Waals surface area (Å²) >= 11 is 0. The van der Waals surface area contributed by atoms with Gasteiger partial charge in [0.25, 0.3) is 11.6 Å². The number of anilines is 1. The number of ether oxygens (including phenoxy) is 1. The number of amides is 1. The smallest absolute Gasteiger partial charge is 0.269 e. The van der Waals surface area contributed by atoms with Crippen LogP contribution in [-0.2, 0) is 0 Å². The summed E-state index contributed by atoms with van der Waals surface area (Å²) in [6, 6.07) is 20.0. The Morgan fingerprint density at radius 3 is 2.45 bits per heavy atom. The molecule has 0 saturated carbocycles. The maximum Gasteiger partial charge on any atom is 0.269 e. The Morgan fingerprint density at radius 1 is 0.966 bits per heavy atom. The zero-order chi connectivity index (χ0) is 20.2. The first-order valence-electron chi connectivity index (χ1n) is 8.76. The van der Waals surface area contributed by atoms with Gasteiger partial charge in [-0.25, -0.2) is 0 Å². The lowest BCUT2D eigenvalue weighted by Crippen LogP contribution is -2.11. The van der Waals surface area contributed by atoms with E-state index >= 15 is 0 Å². The predicted octanol–water partition coefficient (Wildman–Crippen LogP) is 5.19. The van der Waals surface area contributed by atoms with Crippen molar-refractivity contribution in [2.75, 3.05) is 5.32 Å². The largest absolute Gasteiger partial charge is 0.457 e. The Labute approximate surface area is 165 Å². The predicted molar refractivity (Wildman–Crippen MR) is 109 cm³/mol. The number of carbonyl (C=O) groups is 1. The highest BCUT2D eigenvalue weighted by molar-refractivity contribution is 6.04. The average molecular weight is 385 g/mol. The number of hydrogen-bond acceptors (Lipinski definition) is 5. The zero-order valence-electron chi connectivity index (χ0n) is 15.1. The van der Waals surface area contributed by atoms with Crippen LogP contribution in [-0.4, -0.2) is 15.8 Å². The Bertz CT molecular complexity index is 1180. The zero-order valence-corrected chi connectivity index (χ0v) is 15.1. The molecule has 7 nitrogen and oxygen atoms in total. The van der Waals surface area contributed by atoms with Crippen LogP contribution in [0.2, 0.25) is 0 Å². The molecule has 0 saturated heterocycles. The quantitative estimate of drug-likeness (QED) is 0.377. The summed E-state index contributed by atoms with van der Waals surface area (Å²) in [5.41, 5.74) is 0.857. The summed E-state index contributed by atoms with van der Waals surface area (Å²) in [5, 5.41) is 15.4. The van der Waals surface area contributed by atoms with Gasteiger partial charge in [0.15, 0.2) is 0 Å². The van der Waals surface area contributed by atoms with Crippen LogP contribution in [0.4, 0.5) is 11.4 Å². The van der Waals surface area contributed by atoms with Gasteiger partial charge in [-0.15, -0.1) is 0 Å². The van der Waals surface area contributed by atoms with Crippen molar-refractivity contribution in [1.82, 2.24) is 4.98 Å². The maximum atomic E-state index is 12.3. The normalized spacial score (nSPS) is 10.5. The summed E-state index contributed by atoms with van der Waals surface area (Å²) in [6.07, 6.45) is 3.49. The molecule has 7 heteroatoms. The van der Waals surface area contributed by atoms with Gasteiger partial charge in [-0.3, -0.25) is 19.9 Å². The van der Waals surface area contributed by atoms with E-state index in [4.69, 9.17) is 4.74 Å². The van der Waals surface area contributed by atoms with Crippen LogP contribution in [0.15, 0.2) is 85.2 Å². The summed E-state index contributed by atoms with van der Waals surface area (Å²) in [4.78, 5) is 26.6. The van der Waals surface area contributed by atoms with Crippen LogP contribution in [0.25, 0.3) is 10.8 Å². The molecule has 4 aromatic rings. The van der Waals surface area contributed by atoms with E-state index in [-0.39, 0.29) is 11.6 Å². The van der Waals surface area contributed by atoms with Crippen LogP contribution in [0.5, 0.6) is 11.5 Å². The van der Waals surface area contributed by atoms with Crippen LogP contribution >= 0.6 is 0 Å². The second-order valence-corrected chi connectivity index (χ2v) is 6.24. The van der Waals surface area contributed by atoms with Crippen LogP contribution in [0.1, 0.15) is 10.4 Å². The van der Waals surface area contributed by atoms with Crippen LogP contribution in [0.3, 0.4) is 0 Å². The SMILES string of the molecule is O=C(Nc1ccc(Oc2cccc3cnccc23)cc1)c1ccc([N+](=O)[O-])cc1. The van der Waals surface area contributed by atoms with Gasteiger partial charge in [0, 0.05) is 46.5 Å². The van der Waals surface area contributed by atoms with Crippen molar-refractivity contribution < 1.29 is 14.5 Å². The van der Waals surface area contributed by atoms with Crippen molar-refractivity contribution in [2.24, 2.45) is 0 Å². The fourth-order valence-corrected chi connectivity index (χ4v) is 2.85. The number of carbonyl (C=O) groups excluding carboxylic acids is 1. The van der Waals surface area contributed by atoms with E-state index in [9.17, 15) is 14.9 Å². The first kappa shape index (κ1) is 18.1. The Kier molecular flexibility index (Phi) is 4.86. The van der Waals surface area contributed by atoms with Crippen molar-refractivity contribution >= 4 is 28.1 Å². The minimum Gasteiger partial charge on any atom is -0.457 e. The first-order chi connectivity index (χ1) is 14.1. The number of nitro groups is 1. The summed E-state index contributed by atoms with van der Waals surface area (Å²) < 4.78 is 5.97. The van der Waals surface area contributed by atoms with Crippen LogP contribution < -0.4 is 10.1 Å². The molecule has 1 heterocycles. The van der Waals surface area contributed by atoms with Gasteiger partial charge in [-0.1, -0.05) is 12.1 Å². The number of benzene rings is 3. The van der Waals surface area contributed by atoms with Crippen molar-refractivity contribution in [2.45, 2.75) is 0 Å². The molecule has 1 N–H and O–H groups in total. The minimum absolute atomic E-state index is 0.0627. The monoisotopic (exact) mass is 385 g/mol. The van der Waals surface area contributed by atoms with E-state index in [2.05, 4.69) is 10.3 Å². The van der Waals surface area contributed by atoms with E-state index in [0.29, 0.717) is 22.7 Å². The molecule has 0 radical (unpaired) electrons. The molecule has 0 aliphatic rings. The highest BCUT2D eigenvalue weighted by Crippen LogP contribution is 2.30. The average Bonchev–Trinajstić information content (AvgIpc) is 2.75. The summed E-state index contributed by atoms with van der Waals surface area (Å²) in [6.45, 7) is 0. The molecule has 4 rings (SSSR count). The van der Waals surface area contributed by atoms with Crippen LogP contribution in [0, 0.1) is 10.1 Å². The van der Waals surface area contributed by atoms with Gasteiger partial charge in [0.1, 0.15) is 11.5 Å². The number of aromatic nitrogens is 1. The molecule has 1 amide bonds. The van der Waals surface area contributed by atoms with E-state index in [1.165, 1.54) is 24.3 Å². The molecular formula is C22H15N3O4. The molecule has 0 bridgehead atoms. The molecule has 0 unspecified atom stereocenters. The van der Waals surface area contributed by atoms with Crippen molar-refractivity contribution in [3.63, 3.8) is 0 Å². The molecule has 142 valence electrons. The lowest BCUT2D eigenvalue weighted by Gasteiger charge is -2.10. The number of hydrogen-bond donors (Lipinski definition) is 1. The van der Waals surface area contributed by atoms with Gasteiger partial charge >= 0.3 is 0 Å². The Hall–Kier alpha value is -4.26. The first-order valence-corrected chi connectivity index (χ1v) is 8.76. The van der Waals surface area contributed by atoms with Crippen molar-refractivity contribution in [3.05, 3.63) is 101 Å². The lowest BCUT2D eigenvalue weighted by atomic mass is 10.1. The molecule has 0 fully saturated rings. The highest BCUT2D eigenvalue weighted by atomic mass is 16.6. The number of non-ortho nitro benzene ring substituents is 1. The topological polar surface area (TPSA) is 94.4 Å². The number of nitrogens with zero attached hydrogens (tertiary/aromatic N) is 2. The van der Waals surface area contributed by atoms with Gasteiger partial charge in [-0.2, -0.15) is 0 Å². The maximum absolute atomic E-state index is 12.3. The summed E-state index contributed by atoms with van der Waals surface area (Å²) in [7, 11) is 0. The summed E-state index contributed by atoms with van der Waals surface area (Å²) in [5.74, 6) is 0.991. The van der Waals surface area contributed by atoms with Gasteiger partial charge in [0.05, 0.1) is 4.92 Å². The molecule has 3 aromatic carbocycles. The van der Waals surface area contributed by atoms with Crippen molar-refractivity contribution in [3.8, 4) is 11.5 Å². The molecule has 0 aliphatic carbocycles. The molecule has 1 aromatic heterocycles. The number of pyridine rings is 1. The molecule has 0 spiro atoms. The van der Waals surface area contributed by atoms with E-state index < -0.39 is 4.92 Å². The highest BCUT2D eigenvalue weighted by Gasteiger charge is 2.10. The standard InChI is InChI=1S/C22H15N3O4/c26-22(15-4-8-18(9-5-15)25(27)28)24-17-6-10-19(11-7-17)29-21-3-1-2-16-14-23-13-12-20(16)21/h1-14H,(H,24,26). The molecular weight excluding hydrogens is 370 g/mol. The number of rotatable bonds is 5. The van der Waals surface area contributed by atoms with E-state index in [0.717, 1.165) is 10.8 Å².